The second kappa shape index (κ2) is 13.2. The number of carbonyl (C=O) groups excluding carboxylic acids is 1. The first kappa shape index (κ1) is 21.0. The zero-order chi connectivity index (χ0) is 18.3. The Hall–Kier alpha value is -2.08. The summed E-state index contributed by atoms with van der Waals surface area (Å²) in [6.45, 7) is 7.94. The van der Waals surface area contributed by atoms with Crippen molar-refractivity contribution in [3.05, 3.63) is 35.4 Å². The number of ether oxygens (including phenoxy) is 1. The molecule has 0 bridgehead atoms. The molecule has 0 aliphatic rings. The Balaban J connectivity index is 2.45. The van der Waals surface area contributed by atoms with Gasteiger partial charge < -0.3 is 20.7 Å². The average molecular weight is 348 g/mol. The van der Waals surface area contributed by atoms with Crippen LogP contribution in [-0.2, 0) is 11.3 Å². The zero-order valence-electron chi connectivity index (χ0n) is 15.7. The molecule has 0 unspecified atom stereocenters. The topological polar surface area (TPSA) is 74.8 Å². The van der Waals surface area contributed by atoms with Crippen molar-refractivity contribution in [3.8, 4) is 0 Å². The zero-order valence-corrected chi connectivity index (χ0v) is 15.7. The molecule has 6 nitrogen and oxygen atoms in total. The number of nitrogens with zero attached hydrogens (tertiary/aromatic N) is 1. The van der Waals surface area contributed by atoms with Gasteiger partial charge in [-0.3, -0.25) is 4.79 Å². The SMILES string of the molecule is CCCCOCCCNC(=NCc1cccc(C(=O)NC)c1)NCC. The van der Waals surface area contributed by atoms with Gasteiger partial charge in [0.05, 0.1) is 6.54 Å². The summed E-state index contributed by atoms with van der Waals surface area (Å²) < 4.78 is 5.55. The Bertz CT molecular complexity index is 532. The number of carbonyl (C=O) groups is 1. The Kier molecular flexibility index (Phi) is 11.1. The van der Waals surface area contributed by atoms with E-state index in [0.29, 0.717) is 12.1 Å². The summed E-state index contributed by atoms with van der Waals surface area (Å²) in [7, 11) is 1.63. The van der Waals surface area contributed by atoms with Crippen molar-refractivity contribution in [2.45, 2.75) is 39.7 Å². The van der Waals surface area contributed by atoms with Gasteiger partial charge in [0.1, 0.15) is 0 Å². The minimum absolute atomic E-state index is 0.0843. The fourth-order valence-electron chi connectivity index (χ4n) is 2.20. The molecule has 3 N–H and O–H groups in total. The van der Waals surface area contributed by atoms with Crippen molar-refractivity contribution < 1.29 is 9.53 Å². The molecule has 0 aliphatic carbocycles. The molecular weight excluding hydrogens is 316 g/mol. The van der Waals surface area contributed by atoms with Crippen molar-refractivity contribution in [2.75, 3.05) is 33.4 Å². The third kappa shape index (κ3) is 9.10. The first-order chi connectivity index (χ1) is 12.2. The van der Waals surface area contributed by atoms with E-state index in [1.165, 1.54) is 0 Å². The van der Waals surface area contributed by atoms with Gasteiger partial charge in [-0.25, -0.2) is 4.99 Å². The molecule has 1 amide bonds. The summed E-state index contributed by atoms with van der Waals surface area (Å²) in [4.78, 5) is 16.3. The highest BCUT2D eigenvalue weighted by atomic mass is 16.5. The average Bonchev–Trinajstić information content (AvgIpc) is 2.64. The number of rotatable bonds is 11. The van der Waals surface area contributed by atoms with Crippen molar-refractivity contribution in [3.63, 3.8) is 0 Å². The van der Waals surface area contributed by atoms with Crippen molar-refractivity contribution in [2.24, 2.45) is 4.99 Å². The van der Waals surface area contributed by atoms with Crippen LogP contribution in [0.2, 0.25) is 0 Å². The van der Waals surface area contributed by atoms with Crippen LogP contribution in [0.25, 0.3) is 0 Å². The highest BCUT2D eigenvalue weighted by Gasteiger charge is 2.04. The van der Waals surface area contributed by atoms with Crippen LogP contribution in [0.15, 0.2) is 29.3 Å². The number of aliphatic imine (C=N–C) groups is 1. The molecule has 6 heteroatoms. The van der Waals surface area contributed by atoms with E-state index in [1.54, 1.807) is 13.1 Å². The van der Waals surface area contributed by atoms with Crippen LogP contribution in [-0.4, -0.2) is 45.2 Å². The van der Waals surface area contributed by atoms with Crippen LogP contribution in [0, 0.1) is 0 Å². The van der Waals surface area contributed by atoms with Gasteiger partial charge in [0, 0.05) is 38.9 Å². The number of amides is 1. The number of hydrogen-bond acceptors (Lipinski definition) is 3. The molecule has 1 rings (SSSR count). The van der Waals surface area contributed by atoms with Gasteiger partial charge in [-0.1, -0.05) is 25.5 Å². The molecule has 0 saturated carbocycles. The molecule has 25 heavy (non-hydrogen) atoms. The highest BCUT2D eigenvalue weighted by molar-refractivity contribution is 5.94. The predicted molar refractivity (Wildman–Crippen MR) is 103 cm³/mol. The van der Waals surface area contributed by atoms with Gasteiger partial charge >= 0.3 is 0 Å². The normalized spacial score (nSPS) is 11.2. The molecule has 0 saturated heterocycles. The lowest BCUT2D eigenvalue weighted by Gasteiger charge is -2.11. The van der Waals surface area contributed by atoms with Crippen LogP contribution in [0.1, 0.15) is 49.0 Å². The van der Waals surface area contributed by atoms with E-state index >= 15 is 0 Å². The molecule has 140 valence electrons. The van der Waals surface area contributed by atoms with Gasteiger partial charge in [0.2, 0.25) is 0 Å². The van der Waals surface area contributed by atoms with Crippen LogP contribution < -0.4 is 16.0 Å². The van der Waals surface area contributed by atoms with E-state index in [1.807, 2.05) is 25.1 Å². The van der Waals surface area contributed by atoms with E-state index in [-0.39, 0.29) is 5.91 Å². The number of unbranched alkanes of at least 4 members (excludes halogenated alkanes) is 1. The predicted octanol–water partition coefficient (Wildman–Crippen LogP) is 2.31. The summed E-state index contributed by atoms with van der Waals surface area (Å²) in [6, 6.07) is 7.52. The minimum Gasteiger partial charge on any atom is -0.381 e. The molecule has 1 aromatic carbocycles. The third-order valence-electron chi connectivity index (χ3n) is 3.58. The van der Waals surface area contributed by atoms with Gasteiger partial charge in [-0.2, -0.15) is 0 Å². The molecule has 1 aromatic rings. The van der Waals surface area contributed by atoms with Crippen molar-refractivity contribution in [1.82, 2.24) is 16.0 Å². The summed E-state index contributed by atoms with van der Waals surface area (Å²) in [6.07, 6.45) is 3.23. The number of benzene rings is 1. The molecule has 0 spiro atoms. The fraction of sp³-hybridized carbons (Fsp3) is 0.579. The Morgan fingerprint density at radius 3 is 2.68 bits per heavy atom. The second-order valence-electron chi connectivity index (χ2n) is 5.72. The van der Waals surface area contributed by atoms with Crippen LogP contribution in [0.5, 0.6) is 0 Å². The summed E-state index contributed by atoms with van der Waals surface area (Å²) in [5, 5.41) is 9.18. The van der Waals surface area contributed by atoms with Crippen molar-refractivity contribution >= 4 is 11.9 Å². The third-order valence-corrected chi connectivity index (χ3v) is 3.58. The van der Waals surface area contributed by atoms with E-state index in [9.17, 15) is 4.79 Å². The van der Waals surface area contributed by atoms with E-state index in [2.05, 4.69) is 27.9 Å². The molecule has 0 radical (unpaired) electrons. The van der Waals surface area contributed by atoms with Crippen molar-refractivity contribution in [1.29, 1.82) is 0 Å². The number of guanidine groups is 1. The van der Waals surface area contributed by atoms with E-state index in [0.717, 1.165) is 57.1 Å². The second-order valence-corrected chi connectivity index (χ2v) is 5.72. The summed E-state index contributed by atoms with van der Waals surface area (Å²) >= 11 is 0. The Labute approximate surface area is 151 Å². The van der Waals surface area contributed by atoms with Crippen LogP contribution in [0.4, 0.5) is 0 Å². The monoisotopic (exact) mass is 348 g/mol. The lowest BCUT2D eigenvalue weighted by atomic mass is 10.1. The lowest BCUT2D eigenvalue weighted by molar-refractivity contribution is 0.0963. The first-order valence-corrected chi connectivity index (χ1v) is 9.12. The number of hydrogen-bond donors (Lipinski definition) is 3. The van der Waals surface area contributed by atoms with Gasteiger partial charge in [0.25, 0.3) is 5.91 Å². The van der Waals surface area contributed by atoms with E-state index < -0.39 is 0 Å². The van der Waals surface area contributed by atoms with Crippen LogP contribution >= 0.6 is 0 Å². The molecule has 0 heterocycles. The van der Waals surface area contributed by atoms with Gasteiger partial charge in [0.15, 0.2) is 5.96 Å². The fourth-order valence-corrected chi connectivity index (χ4v) is 2.20. The van der Waals surface area contributed by atoms with Gasteiger partial charge in [-0.05, 0) is 37.5 Å². The maximum Gasteiger partial charge on any atom is 0.251 e. The summed E-state index contributed by atoms with van der Waals surface area (Å²) in [5.74, 6) is 0.695. The molecule has 0 atom stereocenters. The standard InChI is InChI=1S/C19H32N4O2/c1-4-6-12-25-13-8-11-22-19(21-5-2)23-15-16-9-7-10-17(14-16)18(24)20-3/h7,9-10,14H,4-6,8,11-13,15H2,1-3H3,(H,20,24)(H2,21,22,23). The van der Waals surface area contributed by atoms with E-state index in [4.69, 9.17) is 4.74 Å². The highest BCUT2D eigenvalue weighted by Crippen LogP contribution is 2.06. The Morgan fingerprint density at radius 2 is 1.96 bits per heavy atom. The van der Waals surface area contributed by atoms with Gasteiger partial charge in [-0.15, -0.1) is 0 Å². The maximum atomic E-state index is 11.7. The summed E-state index contributed by atoms with van der Waals surface area (Å²) in [5.41, 5.74) is 1.65. The molecule has 0 aliphatic heterocycles. The minimum atomic E-state index is -0.0843. The maximum absolute atomic E-state index is 11.7. The largest absolute Gasteiger partial charge is 0.381 e. The smallest absolute Gasteiger partial charge is 0.251 e. The Morgan fingerprint density at radius 1 is 1.16 bits per heavy atom. The number of nitrogens with one attached hydrogen (secondary N) is 3. The molecule has 0 aromatic heterocycles. The molecular formula is C19H32N4O2. The lowest BCUT2D eigenvalue weighted by Crippen LogP contribution is -2.38. The molecule has 0 fully saturated rings. The quantitative estimate of drug-likeness (QED) is 0.326. The van der Waals surface area contributed by atoms with Crippen LogP contribution in [0.3, 0.4) is 0 Å². The first-order valence-electron chi connectivity index (χ1n) is 9.12.